The minimum Gasteiger partial charge on any atom is -0.497 e. The molecule has 0 aromatic heterocycles. The van der Waals surface area contributed by atoms with Gasteiger partial charge in [0.05, 0.1) is 7.11 Å². The summed E-state index contributed by atoms with van der Waals surface area (Å²) in [5.74, 6) is 7.08. The lowest BCUT2D eigenvalue weighted by atomic mass is 9.47. The molecule has 0 unspecified atom stereocenters. The Morgan fingerprint density at radius 1 is 0.216 bits per heavy atom. The van der Waals surface area contributed by atoms with Crippen LogP contribution in [0.2, 0.25) is 0 Å². The maximum atomic E-state index is 12.3. The van der Waals surface area contributed by atoms with E-state index in [2.05, 4.69) is 478 Å². The summed E-state index contributed by atoms with van der Waals surface area (Å²) >= 11 is 0. The molecule has 0 amide bonds. The van der Waals surface area contributed by atoms with E-state index >= 15 is 0 Å². The van der Waals surface area contributed by atoms with E-state index in [0.29, 0.717) is 10.8 Å². The molecule has 21 rings (SSSR count). The third-order valence-corrected chi connectivity index (χ3v) is 34.1. The molecule has 13 aromatic rings. The molecular weight excluding hydrogens is 1790 g/mol. The van der Waals surface area contributed by atoms with Gasteiger partial charge in [0.25, 0.3) is 0 Å². The van der Waals surface area contributed by atoms with Gasteiger partial charge in [-0.25, -0.2) is 4.39 Å². The molecule has 0 heterocycles. The SMILES string of the molecule is COc1ccc(C)c(C)c1.Cc1cc(C(C)(C)C)cc(C(C)(C)C)c1C.Cc1cc(C)c(C)c(-c2ccccc2)c1.Cc1cc(C)c(C)c(C(C)(C)C)c1.Cc1cc(C)c(C)c(C)c1.Cc1cc(C)c(C)c(C23CC4CC(CC(C4)C2)C3)c1.Cc1ccc(C)c(C)c1.Cc1ccc(F)cc1C.Cc1cccc(C(C)(C)C)c1C.Cc1cccc(C)c1C.Cc1cccc(C23CC4CC(CC(C4)C2)C3)c1C.Cc1ccccc1C. The van der Waals surface area contributed by atoms with Crippen molar-refractivity contribution < 1.29 is 9.13 Å². The predicted molar refractivity (Wildman–Crippen MR) is 651 cm³/mol. The first-order valence-electron chi connectivity index (χ1n) is 56.0. The molecule has 0 atom stereocenters. The van der Waals surface area contributed by atoms with Crippen LogP contribution in [0.25, 0.3) is 11.1 Å². The Labute approximate surface area is 905 Å². The van der Waals surface area contributed by atoms with Crippen LogP contribution in [0.15, 0.2) is 224 Å². The zero-order valence-electron chi connectivity index (χ0n) is 102. The quantitative estimate of drug-likeness (QED) is 0.171. The standard InChI is InChI=1S/C19H26.C18H24.C16H26.C15H16.C13H20.C12H18.C10H14.C9H12O.2C9H12.C8H9F.C8H10/c1-12-4-13(2)14(3)18(5-12)19-9-15-6-16(10-19)8-17(7-15)11-19;1-12-4-3-5-17(13(12)2)18-9-14-6-15(10-18)8-16(7-14)11-18;1-11-9-13(15(3,4)5)10-14(12(11)2)16(6,7)8;1-11-9-12(2)13(3)15(10-11)14-7-5-4-6-8-14;1-9-7-10(2)11(3)12(8-9)13(4,5)6;1-9-7-6-8-11(10(9)2)12(3,4)5;1-7-5-8(2)10(4)9(3)6-7;1-7-4-5-9(10-3)6-8(7)2;1-7-4-5-8(2)9(3)6-7;1-7-5-4-6-8(2)9(7)3;1-6-3-4-8(9)5-7(6)2;1-7-5-3-4-6-8(7)2/h4-5,15-17H,6-11H2,1-3H3;3-5,14-16H,6-11H2,1-2H3;9-10H,1-8H3;4-10H,1-3H3;7-8H,1-6H3;6-8H,1-5H3;5-6H,1-4H3;4-6H,1-3H3;2*4-6H,1-3H3;3-5H,1-2H3;3-6H,1-2H3. The van der Waals surface area contributed by atoms with Gasteiger partial charge in [0, 0.05) is 0 Å². The van der Waals surface area contributed by atoms with E-state index in [-0.39, 0.29) is 27.5 Å². The van der Waals surface area contributed by atoms with Crippen LogP contribution in [0, 0.1) is 256 Å². The largest absolute Gasteiger partial charge is 0.497 e. The Morgan fingerprint density at radius 2 is 0.520 bits per heavy atom. The van der Waals surface area contributed by atoms with E-state index in [0.717, 1.165) is 52.4 Å². The molecule has 2 heteroatoms. The molecule has 796 valence electrons. The van der Waals surface area contributed by atoms with Gasteiger partial charge in [-0.3, -0.25) is 0 Å². The molecule has 8 fully saturated rings. The number of ether oxygens (including phenoxy) is 1. The first kappa shape index (κ1) is 123. The Kier molecular flexibility index (Phi) is 44.4. The number of halogens is 1. The monoisotopic (exact) mass is 1990 g/mol. The van der Waals surface area contributed by atoms with Crippen molar-refractivity contribution in [1.29, 1.82) is 0 Å². The molecule has 8 saturated carbocycles. The topological polar surface area (TPSA) is 9.23 Å². The van der Waals surface area contributed by atoms with E-state index in [9.17, 15) is 4.39 Å². The van der Waals surface area contributed by atoms with Crippen LogP contribution in [-0.2, 0) is 32.5 Å². The second-order valence-corrected chi connectivity index (χ2v) is 50.9. The predicted octanol–water partition coefficient (Wildman–Crippen LogP) is 41.7. The third-order valence-electron chi connectivity index (χ3n) is 34.1. The van der Waals surface area contributed by atoms with Crippen molar-refractivity contribution in [2.24, 2.45) is 35.5 Å². The van der Waals surface area contributed by atoms with Crippen molar-refractivity contribution >= 4 is 0 Å². The summed E-state index contributed by atoms with van der Waals surface area (Å²) in [4.78, 5) is 0. The lowest BCUT2D eigenvalue weighted by molar-refractivity contribution is -0.00563. The van der Waals surface area contributed by atoms with E-state index in [1.165, 1.54) is 234 Å². The van der Waals surface area contributed by atoms with E-state index in [1.54, 1.807) is 74.0 Å². The Balaban J connectivity index is 0.000000199. The van der Waals surface area contributed by atoms with Crippen molar-refractivity contribution in [3.63, 3.8) is 0 Å². The zero-order valence-corrected chi connectivity index (χ0v) is 102. The normalized spacial score (nSPS) is 18.2. The van der Waals surface area contributed by atoms with Gasteiger partial charge >= 0.3 is 0 Å². The lowest BCUT2D eigenvalue weighted by Crippen LogP contribution is -2.48. The lowest BCUT2D eigenvalue weighted by Gasteiger charge is -2.57. The number of aryl methyl sites for hydroxylation is 23. The fourth-order valence-electron chi connectivity index (χ4n) is 24.5. The Morgan fingerprint density at radius 3 is 0.912 bits per heavy atom. The summed E-state index contributed by atoms with van der Waals surface area (Å²) in [6.45, 7) is 94.6. The summed E-state index contributed by atoms with van der Waals surface area (Å²) in [5.41, 5.74) is 57.1. The molecule has 0 N–H and O–H groups in total. The molecule has 148 heavy (non-hydrogen) atoms. The summed E-state index contributed by atoms with van der Waals surface area (Å²) in [7, 11) is 1.68. The highest BCUT2D eigenvalue weighted by Gasteiger charge is 2.53. The summed E-state index contributed by atoms with van der Waals surface area (Å²) in [5, 5.41) is 0. The van der Waals surface area contributed by atoms with Crippen LogP contribution in [-0.4, -0.2) is 7.11 Å². The molecule has 8 aliphatic rings. The minimum absolute atomic E-state index is 0.155. The van der Waals surface area contributed by atoms with Crippen LogP contribution in [0.5, 0.6) is 5.75 Å². The second-order valence-electron chi connectivity index (χ2n) is 50.9. The van der Waals surface area contributed by atoms with Gasteiger partial charge in [0.15, 0.2) is 0 Å². The molecule has 8 aliphatic carbocycles. The van der Waals surface area contributed by atoms with Gasteiger partial charge in [-0.2, -0.15) is 0 Å². The summed E-state index contributed by atoms with van der Waals surface area (Å²) < 4.78 is 17.4. The second kappa shape index (κ2) is 53.5. The summed E-state index contributed by atoms with van der Waals surface area (Å²) in [6.07, 6.45) is 18.2. The van der Waals surface area contributed by atoms with Crippen LogP contribution in [0.1, 0.15) is 366 Å². The van der Waals surface area contributed by atoms with Crippen molar-refractivity contribution in [3.8, 4) is 16.9 Å². The maximum Gasteiger partial charge on any atom is 0.123 e. The molecule has 13 aromatic carbocycles. The van der Waals surface area contributed by atoms with E-state index in [1.807, 2.05) is 26.0 Å². The zero-order chi connectivity index (χ0) is 110. The highest BCUT2D eigenvalue weighted by molar-refractivity contribution is 5.69. The average molecular weight is 1990 g/mol. The molecule has 0 saturated heterocycles. The highest BCUT2D eigenvalue weighted by Crippen LogP contribution is 2.63. The number of rotatable bonds is 4. The maximum absolute atomic E-state index is 12.3. The number of benzene rings is 13. The Hall–Kier alpha value is -10.4. The third kappa shape index (κ3) is 34.8. The molecule has 0 radical (unpaired) electrons. The van der Waals surface area contributed by atoms with Gasteiger partial charge < -0.3 is 4.74 Å². The molecular formula is C146H199FO. The van der Waals surface area contributed by atoms with Crippen molar-refractivity contribution in [2.45, 2.75) is 407 Å². The van der Waals surface area contributed by atoms with E-state index < -0.39 is 0 Å². The van der Waals surface area contributed by atoms with Gasteiger partial charge in [0.2, 0.25) is 0 Å². The number of hydrogen-bond acceptors (Lipinski definition) is 1. The average Bonchev–Trinajstić information content (AvgIpc) is 0.729. The van der Waals surface area contributed by atoms with Gasteiger partial charge in [0.1, 0.15) is 11.6 Å². The van der Waals surface area contributed by atoms with Crippen molar-refractivity contribution in [3.05, 3.63) is 436 Å². The number of hydrogen-bond donors (Lipinski definition) is 0. The van der Waals surface area contributed by atoms with Crippen molar-refractivity contribution in [2.75, 3.05) is 7.11 Å². The first-order valence-corrected chi connectivity index (χ1v) is 56.0. The molecule has 8 bridgehead atoms. The molecule has 0 spiro atoms. The molecule has 0 aliphatic heterocycles. The van der Waals surface area contributed by atoms with E-state index in [4.69, 9.17) is 4.74 Å². The van der Waals surface area contributed by atoms with Crippen LogP contribution in [0.3, 0.4) is 0 Å². The molecule has 1 nitrogen and oxygen atoms in total. The first-order chi connectivity index (χ1) is 68.9. The fraction of sp³-hybridized carbons (Fsp3) is 0.466. The smallest absolute Gasteiger partial charge is 0.123 e. The minimum atomic E-state index is -0.155. The van der Waals surface area contributed by atoms with Crippen LogP contribution >= 0.6 is 0 Å². The van der Waals surface area contributed by atoms with Gasteiger partial charge in [-0.05, 0) is 573 Å². The summed E-state index contributed by atoms with van der Waals surface area (Å²) in [6, 6.07) is 79.3. The van der Waals surface area contributed by atoms with Gasteiger partial charge in [-0.1, -0.05) is 311 Å². The van der Waals surface area contributed by atoms with Crippen molar-refractivity contribution in [1.82, 2.24) is 0 Å². The highest BCUT2D eigenvalue weighted by atomic mass is 19.1. The number of methoxy groups -OCH3 is 1. The fourth-order valence-corrected chi connectivity index (χ4v) is 24.5. The van der Waals surface area contributed by atoms with Gasteiger partial charge in [-0.15, -0.1) is 0 Å². The van der Waals surface area contributed by atoms with Crippen LogP contribution in [0.4, 0.5) is 4.39 Å². The van der Waals surface area contributed by atoms with Crippen LogP contribution < -0.4 is 4.74 Å². The Bertz CT molecular complexity index is 6350.